The van der Waals surface area contributed by atoms with Crippen LogP contribution in [0.3, 0.4) is 0 Å². The molecular formula is C16H16O4. The number of hydrogen-bond donors (Lipinski definition) is 0. The molecule has 0 N–H and O–H groups in total. The van der Waals surface area contributed by atoms with Gasteiger partial charge in [-0.05, 0) is 19.1 Å². The molecule has 1 aromatic rings. The predicted molar refractivity (Wildman–Crippen MR) is 74.3 cm³/mol. The molecule has 0 aromatic heterocycles. The van der Waals surface area contributed by atoms with Gasteiger partial charge in [0.05, 0.1) is 6.26 Å². The van der Waals surface area contributed by atoms with Crippen LogP contribution in [0, 0.1) is 0 Å². The quantitative estimate of drug-likeness (QED) is 0.469. The van der Waals surface area contributed by atoms with E-state index in [1.807, 2.05) is 30.3 Å². The SMILES string of the molecule is C=C(C)C(=O)OC(OC1C=CC=CO1)c1ccccc1. The second-order valence-corrected chi connectivity index (χ2v) is 4.28. The van der Waals surface area contributed by atoms with Crippen LogP contribution in [-0.4, -0.2) is 12.3 Å². The molecule has 4 nitrogen and oxygen atoms in total. The van der Waals surface area contributed by atoms with E-state index in [0.717, 1.165) is 5.56 Å². The van der Waals surface area contributed by atoms with E-state index in [9.17, 15) is 4.79 Å². The van der Waals surface area contributed by atoms with E-state index in [-0.39, 0.29) is 0 Å². The monoisotopic (exact) mass is 272 g/mol. The molecule has 1 aliphatic rings. The average Bonchev–Trinajstić information content (AvgIpc) is 2.48. The van der Waals surface area contributed by atoms with Gasteiger partial charge in [0.1, 0.15) is 0 Å². The predicted octanol–water partition coefficient (Wildman–Crippen LogP) is 3.25. The maximum atomic E-state index is 11.7. The number of ether oxygens (including phenoxy) is 3. The third-order valence-corrected chi connectivity index (χ3v) is 2.56. The van der Waals surface area contributed by atoms with E-state index in [1.54, 1.807) is 25.2 Å². The summed E-state index contributed by atoms with van der Waals surface area (Å²) in [4.78, 5) is 11.7. The van der Waals surface area contributed by atoms with E-state index < -0.39 is 18.5 Å². The van der Waals surface area contributed by atoms with Crippen LogP contribution in [0.1, 0.15) is 18.8 Å². The lowest BCUT2D eigenvalue weighted by Crippen LogP contribution is -2.22. The Labute approximate surface area is 118 Å². The fourth-order valence-corrected chi connectivity index (χ4v) is 1.55. The number of rotatable bonds is 5. The van der Waals surface area contributed by atoms with Gasteiger partial charge in [0.15, 0.2) is 0 Å². The molecule has 2 rings (SSSR count). The summed E-state index contributed by atoms with van der Waals surface area (Å²) in [7, 11) is 0. The van der Waals surface area contributed by atoms with Gasteiger partial charge in [-0.3, -0.25) is 4.74 Å². The van der Waals surface area contributed by atoms with Crippen LogP contribution in [0.15, 0.2) is 67.0 Å². The van der Waals surface area contributed by atoms with Gasteiger partial charge < -0.3 is 9.47 Å². The molecule has 0 saturated carbocycles. The molecule has 0 spiro atoms. The highest BCUT2D eigenvalue weighted by molar-refractivity contribution is 5.87. The summed E-state index contributed by atoms with van der Waals surface area (Å²) >= 11 is 0. The van der Waals surface area contributed by atoms with Crippen molar-refractivity contribution in [3.63, 3.8) is 0 Å². The molecular weight excluding hydrogens is 256 g/mol. The average molecular weight is 272 g/mol. The minimum Gasteiger partial charge on any atom is -0.469 e. The van der Waals surface area contributed by atoms with E-state index in [2.05, 4.69) is 6.58 Å². The number of hydrogen-bond acceptors (Lipinski definition) is 4. The van der Waals surface area contributed by atoms with Gasteiger partial charge in [0.25, 0.3) is 0 Å². The number of allylic oxidation sites excluding steroid dienone is 2. The largest absolute Gasteiger partial charge is 0.469 e. The van der Waals surface area contributed by atoms with Gasteiger partial charge in [-0.15, -0.1) is 0 Å². The third kappa shape index (κ3) is 3.83. The van der Waals surface area contributed by atoms with Crippen molar-refractivity contribution in [3.8, 4) is 0 Å². The van der Waals surface area contributed by atoms with Gasteiger partial charge in [0.2, 0.25) is 12.6 Å². The molecule has 4 heteroatoms. The molecule has 1 aromatic carbocycles. The lowest BCUT2D eigenvalue weighted by molar-refractivity contribution is -0.216. The van der Waals surface area contributed by atoms with Crippen molar-refractivity contribution in [1.82, 2.24) is 0 Å². The van der Waals surface area contributed by atoms with Crippen molar-refractivity contribution in [3.05, 3.63) is 72.5 Å². The Morgan fingerprint density at radius 3 is 2.65 bits per heavy atom. The molecule has 2 unspecified atom stereocenters. The molecule has 0 saturated heterocycles. The van der Waals surface area contributed by atoms with Crippen molar-refractivity contribution < 1.29 is 19.0 Å². The molecule has 1 aliphatic heterocycles. The van der Waals surface area contributed by atoms with Crippen molar-refractivity contribution in [1.29, 1.82) is 0 Å². The summed E-state index contributed by atoms with van der Waals surface area (Å²) in [6.07, 6.45) is 5.36. The van der Waals surface area contributed by atoms with Gasteiger partial charge in [-0.1, -0.05) is 43.0 Å². The van der Waals surface area contributed by atoms with E-state index in [0.29, 0.717) is 5.57 Å². The van der Waals surface area contributed by atoms with E-state index in [1.165, 1.54) is 6.26 Å². The van der Waals surface area contributed by atoms with E-state index in [4.69, 9.17) is 14.2 Å². The standard InChI is InChI=1S/C16H16O4/c1-12(2)15(17)20-16(13-8-4-3-5-9-13)19-14-10-6-7-11-18-14/h3-11,14,16H,1H2,2H3. The zero-order valence-corrected chi connectivity index (χ0v) is 11.2. The van der Waals surface area contributed by atoms with Crippen LogP contribution in [0.5, 0.6) is 0 Å². The fourth-order valence-electron chi connectivity index (χ4n) is 1.55. The number of esters is 1. The van der Waals surface area contributed by atoms with E-state index >= 15 is 0 Å². The van der Waals surface area contributed by atoms with Crippen molar-refractivity contribution >= 4 is 5.97 Å². The summed E-state index contributed by atoms with van der Waals surface area (Å²) in [6.45, 7) is 5.15. The highest BCUT2D eigenvalue weighted by atomic mass is 16.8. The van der Waals surface area contributed by atoms with Crippen molar-refractivity contribution in [2.24, 2.45) is 0 Å². The summed E-state index contributed by atoms with van der Waals surface area (Å²) in [5.74, 6) is -0.505. The van der Waals surface area contributed by atoms with Crippen LogP contribution < -0.4 is 0 Å². The number of carbonyl (C=O) groups is 1. The smallest absolute Gasteiger partial charge is 0.335 e. The fraction of sp³-hybridized carbons (Fsp3) is 0.188. The Morgan fingerprint density at radius 2 is 2.05 bits per heavy atom. The molecule has 0 fully saturated rings. The first-order chi connectivity index (χ1) is 9.66. The third-order valence-electron chi connectivity index (χ3n) is 2.56. The van der Waals surface area contributed by atoms with Crippen LogP contribution >= 0.6 is 0 Å². The second-order valence-electron chi connectivity index (χ2n) is 4.28. The van der Waals surface area contributed by atoms with Gasteiger partial charge in [-0.2, -0.15) is 0 Å². The zero-order valence-electron chi connectivity index (χ0n) is 11.2. The molecule has 104 valence electrons. The van der Waals surface area contributed by atoms with Gasteiger partial charge >= 0.3 is 5.97 Å². The van der Waals surface area contributed by atoms with Crippen LogP contribution in [-0.2, 0) is 19.0 Å². The normalized spacial score (nSPS) is 18.1. The number of carbonyl (C=O) groups excluding carboxylic acids is 1. The van der Waals surface area contributed by atoms with Gasteiger partial charge in [-0.25, -0.2) is 4.79 Å². The zero-order chi connectivity index (χ0) is 14.4. The molecule has 0 radical (unpaired) electrons. The highest BCUT2D eigenvalue weighted by Gasteiger charge is 2.22. The summed E-state index contributed by atoms with van der Waals surface area (Å²) in [5, 5.41) is 0. The molecule has 0 aliphatic carbocycles. The Kier molecular flexibility index (Phi) is 4.74. The second kappa shape index (κ2) is 6.73. The van der Waals surface area contributed by atoms with Gasteiger partial charge in [0, 0.05) is 11.1 Å². The summed E-state index contributed by atoms with van der Waals surface area (Å²) in [5.41, 5.74) is 1.04. The Morgan fingerprint density at radius 1 is 1.30 bits per heavy atom. The topological polar surface area (TPSA) is 44.8 Å². The Hall–Kier alpha value is -2.33. The number of benzene rings is 1. The minimum atomic E-state index is -0.846. The molecule has 1 heterocycles. The maximum absolute atomic E-state index is 11.7. The maximum Gasteiger partial charge on any atom is 0.335 e. The molecule has 0 bridgehead atoms. The minimum absolute atomic E-state index is 0.314. The molecule has 0 amide bonds. The van der Waals surface area contributed by atoms with Crippen LogP contribution in [0.2, 0.25) is 0 Å². The highest BCUT2D eigenvalue weighted by Crippen LogP contribution is 2.23. The van der Waals surface area contributed by atoms with Crippen LogP contribution in [0.25, 0.3) is 0 Å². The van der Waals surface area contributed by atoms with Crippen molar-refractivity contribution in [2.75, 3.05) is 0 Å². The first-order valence-electron chi connectivity index (χ1n) is 6.22. The first kappa shape index (κ1) is 14.1. The van der Waals surface area contributed by atoms with Crippen LogP contribution in [0.4, 0.5) is 0 Å². The Bertz CT molecular complexity index is 531. The van der Waals surface area contributed by atoms with Crippen molar-refractivity contribution in [2.45, 2.75) is 19.5 Å². The summed E-state index contributed by atoms with van der Waals surface area (Å²) < 4.78 is 16.2. The summed E-state index contributed by atoms with van der Waals surface area (Å²) in [6, 6.07) is 9.20. The lowest BCUT2D eigenvalue weighted by atomic mass is 10.2. The molecule has 2 atom stereocenters. The Balaban J connectivity index is 2.11. The molecule has 20 heavy (non-hydrogen) atoms. The first-order valence-corrected chi connectivity index (χ1v) is 6.22. The lowest BCUT2D eigenvalue weighted by Gasteiger charge is -2.23.